The lowest BCUT2D eigenvalue weighted by Crippen LogP contribution is -2.48. The van der Waals surface area contributed by atoms with Crippen molar-refractivity contribution in [1.29, 1.82) is 0 Å². The quantitative estimate of drug-likeness (QED) is 0.806. The van der Waals surface area contributed by atoms with E-state index in [0.717, 1.165) is 17.7 Å². The number of halogens is 3. The Hall–Kier alpha value is -2.68. The molecule has 0 aromatic heterocycles. The van der Waals surface area contributed by atoms with Crippen molar-refractivity contribution in [3.8, 4) is 5.75 Å². The molecule has 0 unspecified atom stereocenters. The van der Waals surface area contributed by atoms with Crippen LogP contribution in [0.5, 0.6) is 5.75 Å². The summed E-state index contributed by atoms with van der Waals surface area (Å²) in [5.74, 6) is -0.555. The molecule has 0 bridgehead atoms. The van der Waals surface area contributed by atoms with Crippen LogP contribution in [0.4, 0.5) is 18.9 Å². The van der Waals surface area contributed by atoms with Crippen LogP contribution in [0.3, 0.4) is 0 Å². The number of anilines is 1. The van der Waals surface area contributed by atoms with Gasteiger partial charge in [-0.15, -0.1) is 24.9 Å². The number of amides is 2. The second-order valence-corrected chi connectivity index (χ2v) is 8.10. The summed E-state index contributed by atoms with van der Waals surface area (Å²) >= 11 is 1.55. The summed E-state index contributed by atoms with van der Waals surface area (Å²) < 4.78 is 41.1. The molecule has 2 heterocycles. The zero-order valence-electron chi connectivity index (χ0n) is 15.1. The Kier molecular flexibility index (Phi) is 4.94. The summed E-state index contributed by atoms with van der Waals surface area (Å²) in [5, 5.41) is 2.62. The molecule has 2 amide bonds. The fraction of sp³-hybridized carbons (Fsp3) is 0.300. The highest BCUT2D eigenvalue weighted by Crippen LogP contribution is 2.54. The van der Waals surface area contributed by atoms with E-state index in [4.69, 9.17) is 0 Å². The van der Waals surface area contributed by atoms with E-state index in [2.05, 4.69) is 10.1 Å². The molecule has 2 aliphatic rings. The molecular weight excluding hydrogens is 405 g/mol. The molecule has 4 rings (SSSR count). The maximum absolute atomic E-state index is 12.9. The van der Waals surface area contributed by atoms with E-state index in [1.165, 1.54) is 12.1 Å². The van der Waals surface area contributed by atoms with Crippen LogP contribution in [-0.2, 0) is 14.5 Å². The molecule has 2 aliphatic heterocycles. The van der Waals surface area contributed by atoms with E-state index in [1.807, 2.05) is 30.3 Å². The number of nitrogens with zero attached hydrogens (tertiary/aromatic N) is 1. The Morgan fingerprint density at radius 3 is 2.66 bits per heavy atom. The maximum atomic E-state index is 12.9. The van der Waals surface area contributed by atoms with Crippen LogP contribution < -0.4 is 10.1 Å². The molecule has 9 heteroatoms. The lowest BCUT2D eigenvalue weighted by molar-refractivity contribution is -0.274. The van der Waals surface area contributed by atoms with Gasteiger partial charge in [0.1, 0.15) is 16.7 Å². The molecule has 5 nitrogen and oxygen atoms in total. The van der Waals surface area contributed by atoms with E-state index < -0.39 is 28.9 Å². The maximum Gasteiger partial charge on any atom is 0.573 e. The van der Waals surface area contributed by atoms with Crippen LogP contribution in [-0.4, -0.2) is 34.9 Å². The molecule has 2 fully saturated rings. The van der Waals surface area contributed by atoms with Crippen LogP contribution in [0.2, 0.25) is 0 Å². The van der Waals surface area contributed by atoms with Gasteiger partial charge in [0.25, 0.3) is 0 Å². The van der Waals surface area contributed by atoms with Gasteiger partial charge < -0.3 is 15.0 Å². The van der Waals surface area contributed by atoms with Gasteiger partial charge in [0.15, 0.2) is 0 Å². The van der Waals surface area contributed by atoms with Crippen LogP contribution in [0, 0.1) is 0 Å². The summed E-state index contributed by atoms with van der Waals surface area (Å²) in [4.78, 5) is 26.5. The number of hydrogen-bond donors (Lipinski definition) is 1. The molecular formula is C20H17F3N2O3S. The van der Waals surface area contributed by atoms with Gasteiger partial charge in [0.05, 0.1) is 0 Å². The van der Waals surface area contributed by atoms with Crippen molar-refractivity contribution in [2.45, 2.75) is 30.1 Å². The van der Waals surface area contributed by atoms with Crippen LogP contribution in [0.1, 0.15) is 18.4 Å². The van der Waals surface area contributed by atoms with Gasteiger partial charge >= 0.3 is 6.36 Å². The first-order chi connectivity index (χ1) is 13.8. The van der Waals surface area contributed by atoms with Crippen molar-refractivity contribution in [1.82, 2.24) is 4.90 Å². The van der Waals surface area contributed by atoms with Crippen molar-refractivity contribution >= 4 is 29.3 Å². The summed E-state index contributed by atoms with van der Waals surface area (Å²) in [6.45, 7) is 0. The number of ether oxygens (including phenoxy) is 1. The summed E-state index contributed by atoms with van der Waals surface area (Å²) in [7, 11) is 0. The van der Waals surface area contributed by atoms with Crippen molar-refractivity contribution in [3.63, 3.8) is 0 Å². The first kappa shape index (κ1) is 19.6. The average molecular weight is 422 g/mol. The minimum absolute atomic E-state index is 0.104. The van der Waals surface area contributed by atoms with Gasteiger partial charge in [0, 0.05) is 23.9 Å². The normalized spacial score (nSPS) is 23.8. The minimum Gasteiger partial charge on any atom is -0.406 e. The van der Waals surface area contributed by atoms with Gasteiger partial charge in [-0.25, -0.2) is 0 Å². The summed E-state index contributed by atoms with van der Waals surface area (Å²) in [6.07, 6.45) is -3.86. The molecule has 0 aliphatic carbocycles. The van der Waals surface area contributed by atoms with Crippen molar-refractivity contribution in [3.05, 3.63) is 60.2 Å². The zero-order valence-corrected chi connectivity index (χ0v) is 15.9. The highest BCUT2D eigenvalue weighted by molar-refractivity contribution is 8.00. The highest BCUT2D eigenvalue weighted by atomic mass is 32.2. The van der Waals surface area contributed by atoms with Gasteiger partial charge in [-0.2, -0.15) is 0 Å². The third-order valence-corrected chi connectivity index (χ3v) is 6.59. The fourth-order valence-corrected chi connectivity index (χ4v) is 5.48. The molecule has 2 aromatic carbocycles. The number of hydrogen-bond acceptors (Lipinski definition) is 4. The third kappa shape index (κ3) is 3.78. The first-order valence-corrected chi connectivity index (χ1v) is 9.95. The Labute approximate surface area is 169 Å². The molecule has 2 aromatic rings. The minimum atomic E-state index is -4.82. The Morgan fingerprint density at radius 2 is 1.93 bits per heavy atom. The third-order valence-electron chi connectivity index (χ3n) is 4.99. The Balaban J connectivity index is 1.54. The molecule has 152 valence electrons. The topological polar surface area (TPSA) is 58.6 Å². The first-order valence-electron chi connectivity index (χ1n) is 8.97. The number of alkyl halides is 3. The number of benzene rings is 2. The molecule has 2 saturated heterocycles. The second kappa shape index (κ2) is 7.29. The van der Waals surface area contributed by atoms with Crippen LogP contribution in [0.15, 0.2) is 54.6 Å². The predicted octanol–water partition coefficient (Wildman–Crippen LogP) is 4.11. The molecule has 2 atom stereocenters. The fourth-order valence-electron chi connectivity index (χ4n) is 3.83. The molecule has 1 N–H and O–H groups in total. The summed E-state index contributed by atoms with van der Waals surface area (Å²) in [5.41, 5.74) is 1.14. The standard InChI is InChI=1S/C20H17F3N2O3S/c21-20(22,23)28-15-8-4-7-14(11-15)24-18(27)16-12-29-19(10-9-17(26)25(16)19)13-5-2-1-3-6-13/h1-8,11,16H,9-10,12H2,(H,24,27)/t16-,19-/m0/s1. The van der Waals surface area contributed by atoms with Gasteiger partial charge in [-0.3, -0.25) is 9.59 Å². The smallest absolute Gasteiger partial charge is 0.406 e. The SMILES string of the molecule is O=C(Nc1cccc(OC(F)(F)F)c1)[C@@H]1CS[C@]2(c3ccccc3)CCC(=O)N12. The number of fused-ring (bicyclic) bond motifs is 1. The number of thioether (sulfide) groups is 1. The number of rotatable bonds is 4. The average Bonchev–Trinajstić information content (AvgIpc) is 3.21. The molecule has 0 spiro atoms. The molecule has 0 radical (unpaired) electrons. The molecule has 29 heavy (non-hydrogen) atoms. The van der Waals surface area contributed by atoms with E-state index in [0.29, 0.717) is 18.6 Å². The van der Waals surface area contributed by atoms with E-state index in [1.54, 1.807) is 16.7 Å². The highest BCUT2D eigenvalue weighted by Gasteiger charge is 2.56. The van der Waals surface area contributed by atoms with E-state index >= 15 is 0 Å². The molecule has 0 saturated carbocycles. The van der Waals surface area contributed by atoms with Crippen molar-refractivity contribution in [2.24, 2.45) is 0 Å². The van der Waals surface area contributed by atoms with Gasteiger partial charge in [-0.05, 0) is 24.1 Å². The number of nitrogens with one attached hydrogen (secondary N) is 1. The lowest BCUT2D eigenvalue weighted by Gasteiger charge is -2.34. The second-order valence-electron chi connectivity index (χ2n) is 6.81. The van der Waals surface area contributed by atoms with Crippen molar-refractivity contribution < 1.29 is 27.5 Å². The Bertz CT molecular complexity index is 938. The zero-order chi connectivity index (χ0) is 20.6. The van der Waals surface area contributed by atoms with Gasteiger partial charge in [-0.1, -0.05) is 36.4 Å². The van der Waals surface area contributed by atoms with E-state index in [9.17, 15) is 22.8 Å². The summed E-state index contributed by atoms with van der Waals surface area (Å²) in [6, 6.07) is 13.9. The predicted molar refractivity (Wildman–Crippen MR) is 102 cm³/mol. The van der Waals surface area contributed by atoms with Crippen molar-refractivity contribution in [2.75, 3.05) is 11.1 Å². The van der Waals surface area contributed by atoms with Crippen LogP contribution >= 0.6 is 11.8 Å². The number of carbonyl (C=O) groups excluding carboxylic acids is 2. The van der Waals surface area contributed by atoms with E-state index in [-0.39, 0.29) is 11.6 Å². The number of carbonyl (C=O) groups is 2. The van der Waals surface area contributed by atoms with Gasteiger partial charge in [0.2, 0.25) is 11.8 Å². The lowest BCUT2D eigenvalue weighted by atomic mass is 10.0. The largest absolute Gasteiger partial charge is 0.573 e. The monoisotopic (exact) mass is 422 g/mol. The van der Waals surface area contributed by atoms with Crippen LogP contribution in [0.25, 0.3) is 0 Å². The Morgan fingerprint density at radius 1 is 1.17 bits per heavy atom.